The zero-order valence-electron chi connectivity index (χ0n) is 42.6. The quantitative estimate of drug-likeness (QED) is 0.114. The van der Waals surface area contributed by atoms with Crippen LogP contribution in [0.25, 0.3) is 94.8 Å². The third-order valence-electron chi connectivity index (χ3n) is 16.0. The minimum Gasteiger partial charge on any atom is -0.309 e. The lowest BCUT2D eigenvalue weighted by Crippen LogP contribution is -2.28. The lowest BCUT2D eigenvalue weighted by Gasteiger charge is -2.34. The summed E-state index contributed by atoms with van der Waals surface area (Å²) >= 11 is 0. The van der Waals surface area contributed by atoms with Gasteiger partial charge in [0, 0.05) is 16.3 Å². The summed E-state index contributed by atoms with van der Waals surface area (Å²) in [5.74, 6) is 0. The van der Waals surface area contributed by atoms with Crippen molar-refractivity contribution in [2.45, 2.75) is 11.8 Å². The third-order valence-corrected chi connectivity index (χ3v) is 16.0. The monoisotopic (exact) mass is 979 g/mol. The van der Waals surface area contributed by atoms with Gasteiger partial charge in [0.05, 0.1) is 22.1 Å². The highest BCUT2D eigenvalue weighted by molar-refractivity contribution is 6.11. The molecule has 1 heteroatoms. The number of aromatic nitrogens is 1. The van der Waals surface area contributed by atoms with Crippen molar-refractivity contribution in [2.75, 3.05) is 0 Å². The van der Waals surface area contributed by atoms with Crippen LogP contribution in [0, 0.1) is 0 Å². The number of fused-ring (bicyclic) bond motifs is 6. The van der Waals surface area contributed by atoms with E-state index in [2.05, 4.69) is 314 Å². The predicted octanol–water partition coefficient (Wildman–Crippen LogP) is 19.6. The van der Waals surface area contributed by atoms with E-state index in [0.717, 1.165) is 6.42 Å². The highest BCUT2D eigenvalue weighted by atomic mass is 15.0. The van der Waals surface area contributed by atoms with Crippen molar-refractivity contribution < 1.29 is 0 Å². The molecule has 1 nitrogen and oxygen atoms in total. The van der Waals surface area contributed by atoms with Gasteiger partial charge >= 0.3 is 0 Å². The van der Waals surface area contributed by atoms with Crippen LogP contribution in [-0.4, -0.2) is 4.57 Å². The second-order valence-electron chi connectivity index (χ2n) is 20.3. The number of hydrogen-bond donors (Lipinski definition) is 0. The fourth-order valence-corrected chi connectivity index (χ4v) is 12.4. The summed E-state index contributed by atoms with van der Waals surface area (Å²) in [4.78, 5) is 0. The average molecular weight is 980 g/mol. The molecule has 0 aliphatic heterocycles. The van der Waals surface area contributed by atoms with Crippen molar-refractivity contribution in [3.63, 3.8) is 0 Å². The summed E-state index contributed by atoms with van der Waals surface area (Å²) in [6.45, 7) is 0. The van der Waals surface area contributed by atoms with Gasteiger partial charge in [0.1, 0.15) is 0 Å². The Balaban J connectivity index is 0.837. The summed E-state index contributed by atoms with van der Waals surface area (Å²) < 4.78 is 2.53. The lowest BCUT2D eigenvalue weighted by molar-refractivity contribution is 0.768. The first-order valence-electron chi connectivity index (χ1n) is 26.8. The summed E-state index contributed by atoms with van der Waals surface area (Å²) in [6, 6.07) is 112. The maximum absolute atomic E-state index is 2.53. The second-order valence-corrected chi connectivity index (χ2v) is 20.3. The Morgan fingerprint density at radius 3 is 1.48 bits per heavy atom. The predicted molar refractivity (Wildman–Crippen MR) is 324 cm³/mol. The van der Waals surface area contributed by atoms with Gasteiger partial charge in [-0.1, -0.05) is 291 Å². The van der Waals surface area contributed by atoms with Gasteiger partial charge in [-0.05, 0) is 119 Å². The minimum absolute atomic E-state index is 0.496. The first-order chi connectivity index (χ1) is 38.2. The number of nitrogens with zero attached hydrogens (tertiary/aromatic N) is 1. The number of allylic oxidation sites excluding steroid dienone is 1. The van der Waals surface area contributed by atoms with Gasteiger partial charge in [-0.15, -0.1) is 0 Å². The Labute approximate surface area is 451 Å². The molecule has 12 aromatic carbocycles. The van der Waals surface area contributed by atoms with Crippen LogP contribution in [0.4, 0.5) is 0 Å². The molecule has 0 spiro atoms. The number of para-hydroxylation sites is 1. The van der Waals surface area contributed by atoms with Crippen LogP contribution < -0.4 is 0 Å². The highest BCUT2D eigenvalue weighted by Gasteiger charge is 2.47. The SMILES string of the molecule is C(=C(\Cc1ccc(-c2ccc(-c3ccccc3)cc2)cc1)c1ccc(-c2ccccc2-c2ccc3c4ccccc4n(-c4cccc5c4-c4ccccc4C5(c4ccccc4)c4ccccc4)c3c2)cc1)/c1ccccc1. The van der Waals surface area contributed by atoms with E-state index >= 15 is 0 Å². The van der Waals surface area contributed by atoms with Gasteiger partial charge in [0.2, 0.25) is 0 Å². The van der Waals surface area contributed by atoms with Crippen LogP contribution >= 0.6 is 0 Å². The van der Waals surface area contributed by atoms with E-state index < -0.39 is 5.41 Å². The summed E-state index contributed by atoms with van der Waals surface area (Å²) in [6.07, 6.45) is 3.15. The average Bonchev–Trinajstić information content (AvgIpc) is 4.24. The normalized spacial score (nSPS) is 12.6. The summed E-state index contributed by atoms with van der Waals surface area (Å²) in [7, 11) is 0. The molecule has 0 radical (unpaired) electrons. The molecule has 1 aliphatic rings. The third kappa shape index (κ3) is 8.04. The van der Waals surface area contributed by atoms with Crippen molar-refractivity contribution in [3.8, 4) is 61.3 Å². The molecule has 1 aliphatic carbocycles. The van der Waals surface area contributed by atoms with E-state index in [1.54, 1.807) is 0 Å². The van der Waals surface area contributed by atoms with Crippen molar-refractivity contribution in [1.82, 2.24) is 4.57 Å². The van der Waals surface area contributed by atoms with Crippen LogP contribution in [0.2, 0.25) is 0 Å². The maximum Gasteiger partial charge on any atom is 0.0714 e. The van der Waals surface area contributed by atoms with Crippen molar-refractivity contribution in [1.29, 1.82) is 0 Å². The van der Waals surface area contributed by atoms with Crippen LogP contribution in [0.5, 0.6) is 0 Å². The smallest absolute Gasteiger partial charge is 0.0714 e. The number of rotatable bonds is 11. The summed E-state index contributed by atoms with van der Waals surface area (Å²) in [5, 5.41) is 2.47. The van der Waals surface area contributed by atoms with Gasteiger partial charge in [-0.2, -0.15) is 0 Å². The topological polar surface area (TPSA) is 4.93 Å². The number of hydrogen-bond acceptors (Lipinski definition) is 0. The lowest BCUT2D eigenvalue weighted by atomic mass is 9.68. The van der Waals surface area contributed by atoms with E-state index in [9.17, 15) is 0 Å². The van der Waals surface area contributed by atoms with Gasteiger partial charge in [0.15, 0.2) is 0 Å². The summed E-state index contributed by atoms with van der Waals surface area (Å²) in [5.41, 5.74) is 25.3. The van der Waals surface area contributed by atoms with Crippen LogP contribution in [0.15, 0.2) is 303 Å². The molecule has 1 aromatic heterocycles. The number of benzene rings is 12. The van der Waals surface area contributed by atoms with Crippen molar-refractivity contribution in [2.24, 2.45) is 0 Å². The molecule has 77 heavy (non-hydrogen) atoms. The maximum atomic E-state index is 2.53. The molecule has 0 bridgehead atoms. The Morgan fingerprint density at radius 1 is 0.338 bits per heavy atom. The van der Waals surface area contributed by atoms with Crippen molar-refractivity contribution in [3.05, 3.63) is 342 Å². The zero-order valence-corrected chi connectivity index (χ0v) is 42.6. The molecule has 0 unspecified atom stereocenters. The molecule has 0 N–H and O–H groups in total. The van der Waals surface area contributed by atoms with Crippen LogP contribution in [-0.2, 0) is 11.8 Å². The first kappa shape index (κ1) is 45.8. The van der Waals surface area contributed by atoms with Crippen LogP contribution in [0.1, 0.15) is 38.9 Å². The fraction of sp³-hybridized carbons (Fsp3) is 0.0263. The molecule has 1 heterocycles. The van der Waals surface area contributed by atoms with Crippen LogP contribution in [0.3, 0.4) is 0 Å². The molecular weight excluding hydrogens is 927 g/mol. The Kier molecular flexibility index (Phi) is 11.6. The molecule has 14 rings (SSSR count). The molecule has 0 fully saturated rings. The van der Waals surface area contributed by atoms with Gasteiger partial charge in [-0.25, -0.2) is 0 Å². The molecule has 0 saturated heterocycles. The Hall–Kier alpha value is -9.82. The molecular formula is C76H53N. The molecule has 13 aromatic rings. The fourth-order valence-electron chi connectivity index (χ4n) is 12.4. The Bertz CT molecular complexity index is 4240. The van der Waals surface area contributed by atoms with E-state index in [-0.39, 0.29) is 0 Å². The molecule has 0 atom stereocenters. The Morgan fingerprint density at radius 2 is 0.818 bits per heavy atom. The van der Waals surface area contributed by atoms with E-state index in [1.165, 1.54) is 128 Å². The van der Waals surface area contributed by atoms with Gasteiger partial charge in [0.25, 0.3) is 0 Å². The van der Waals surface area contributed by atoms with E-state index in [0.29, 0.717) is 0 Å². The van der Waals surface area contributed by atoms with Crippen molar-refractivity contribution >= 4 is 33.5 Å². The highest BCUT2D eigenvalue weighted by Crippen LogP contribution is 2.58. The standard InChI is InChI=1S/C76H53N/c1-5-20-53(21-6-1)50-62(51-54-36-38-56(39-37-54)58-42-40-57(41-43-58)55-22-7-2-8-23-55)59-44-46-60(47-45-59)65-28-13-14-29-66(65)61-48-49-68-67-30-16-18-34-72(67)77(74(68)52-61)73-35-19-33-71-75(73)69-31-15-17-32-70(69)76(71,63-24-9-3-10-25-63)64-26-11-4-12-27-64/h1-50,52H,51H2/b62-50-. The second kappa shape index (κ2) is 19.5. The molecule has 362 valence electrons. The largest absolute Gasteiger partial charge is 0.309 e. The van der Waals surface area contributed by atoms with Gasteiger partial charge < -0.3 is 4.57 Å². The molecule has 0 saturated carbocycles. The van der Waals surface area contributed by atoms with E-state index in [1.807, 2.05) is 0 Å². The van der Waals surface area contributed by atoms with E-state index in [4.69, 9.17) is 0 Å². The minimum atomic E-state index is -0.496. The first-order valence-corrected chi connectivity index (χ1v) is 26.8. The molecule has 0 amide bonds. The van der Waals surface area contributed by atoms with Gasteiger partial charge in [-0.3, -0.25) is 0 Å². The zero-order chi connectivity index (χ0) is 51.1.